The number of amides is 1. The largest absolute Gasteiger partial charge is 0.372 e. The van der Waals surface area contributed by atoms with Crippen LogP contribution < -0.4 is 4.90 Å². The van der Waals surface area contributed by atoms with Gasteiger partial charge in [-0.05, 0) is 64.3 Å². The summed E-state index contributed by atoms with van der Waals surface area (Å²) in [7, 11) is 1.96. The quantitative estimate of drug-likeness (QED) is 0.660. The highest BCUT2D eigenvalue weighted by Crippen LogP contribution is 2.26. The molecule has 2 aromatic rings. The minimum Gasteiger partial charge on any atom is -0.372 e. The van der Waals surface area contributed by atoms with Crippen LogP contribution in [0.4, 0.5) is 5.69 Å². The van der Waals surface area contributed by atoms with Crippen LogP contribution in [0.3, 0.4) is 0 Å². The molecule has 7 heteroatoms. The Labute approximate surface area is 172 Å². The fraction of sp³-hybridized carbons (Fsp3) is 0.571. The third-order valence-corrected chi connectivity index (χ3v) is 6.54. The first-order chi connectivity index (χ1) is 13.5. The number of aromatic nitrogens is 3. The van der Waals surface area contributed by atoms with E-state index in [-0.39, 0.29) is 5.91 Å². The summed E-state index contributed by atoms with van der Waals surface area (Å²) in [6, 6.07) is 8.79. The van der Waals surface area contributed by atoms with E-state index in [0.717, 1.165) is 49.0 Å². The van der Waals surface area contributed by atoms with Gasteiger partial charge in [0.05, 0.1) is 5.75 Å². The molecule has 0 spiro atoms. The van der Waals surface area contributed by atoms with Crippen LogP contribution in [0.25, 0.3) is 11.4 Å². The standard InChI is InChI=1S/C21H31N5OS/c1-5-25(6-2)18-12-10-17(11-13-18)20-22-23-21(24(20)4)28-15-19(27)26-14-8-7-9-16(26)3/h10-13,16H,5-9,14-15H2,1-4H3/t16-/m1/s1. The van der Waals surface area contributed by atoms with Crippen molar-refractivity contribution in [2.75, 3.05) is 30.3 Å². The molecule has 0 saturated carbocycles. The maximum absolute atomic E-state index is 12.6. The molecule has 1 aromatic carbocycles. The summed E-state index contributed by atoms with van der Waals surface area (Å²) in [4.78, 5) is 16.9. The number of hydrogen-bond donors (Lipinski definition) is 0. The summed E-state index contributed by atoms with van der Waals surface area (Å²) < 4.78 is 1.98. The fourth-order valence-electron chi connectivity index (χ4n) is 3.78. The molecule has 0 bridgehead atoms. The zero-order valence-corrected chi connectivity index (χ0v) is 18.2. The van der Waals surface area contributed by atoms with Crippen molar-refractivity contribution in [3.8, 4) is 11.4 Å². The maximum Gasteiger partial charge on any atom is 0.233 e. The van der Waals surface area contributed by atoms with Gasteiger partial charge in [0.15, 0.2) is 11.0 Å². The van der Waals surface area contributed by atoms with Crippen LogP contribution in [-0.2, 0) is 11.8 Å². The van der Waals surface area contributed by atoms with Crippen LogP contribution in [0.5, 0.6) is 0 Å². The first-order valence-electron chi connectivity index (χ1n) is 10.2. The number of likely N-dealkylation sites (tertiary alicyclic amines) is 1. The smallest absolute Gasteiger partial charge is 0.233 e. The van der Waals surface area contributed by atoms with Gasteiger partial charge in [0.1, 0.15) is 0 Å². The molecule has 0 aliphatic carbocycles. The highest BCUT2D eigenvalue weighted by molar-refractivity contribution is 7.99. The van der Waals surface area contributed by atoms with Gasteiger partial charge in [-0.3, -0.25) is 4.79 Å². The highest BCUT2D eigenvalue weighted by Gasteiger charge is 2.23. The van der Waals surface area contributed by atoms with Gasteiger partial charge in [0.25, 0.3) is 0 Å². The van der Waals surface area contributed by atoms with Gasteiger partial charge in [-0.15, -0.1) is 10.2 Å². The molecule has 1 aliphatic rings. The van der Waals surface area contributed by atoms with Crippen molar-refractivity contribution in [2.45, 2.75) is 51.2 Å². The van der Waals surface area contributed by atoms with Crippen LogP contribution in [0, 0.1) is 0 Å². The summed E-state index contributed by atoms with van der Waals surface area (Å²) in [5.74, 6) is 1.44. The van der Waals surface area contributed by atoms with Crippen molar-refractivity contribution < 1.29 is 4.79 Å². The highest BCUT2D eigenvalue weighted by atomic mass is 32.2. The van der Waals surface area contributed by atoms with Crippen LogP contribution >= 0.6 is 11.8 Å². The normalized spacial score (nSPS) is 17.0. The third-order valence-electron chi connectivity index (χ3n) is 5.54. The molecule has 6 nitrogen and oxygen atoms in total. The number of carbonyl (C=O) groups excluding carboxylic acids is 1. The SMILES string of the molecule is CCN(CC)c1ccc(-c2nnc(SCC(=O)N3CCCC[C@H]3C)n2C)cc1. The van der Waals surface area contributed by atoms with E-state index < -0.39 is 0 Å². The Morgan fingerprint density at radius 3 is 2.54 bits per heavy atom. The molecule has 1 atom stereocenters. The van der Waals surface area contributed by atoms with Crippen molar-refractivity contribution in [3.63, 3.8) is 0 Å². The summed E-state index contributed by atoms with van der Waals surface area (Å²) >= 11 is 1.47. The van der Waals surface area contributed by atoms with Gasteiger partial charge in [0, 0.05) is 44.0 Å². The Morgan fingerprint density at radius 1 is 1.18 bits per heavy atom. The molecular formula is C21H31N5OS. The molecule has 1 aromatic heterocycles. The number of thioether (sulfide) groups is 1. The molecule has 1 fully saturated rings. The zero-order valence-electron chi connectivity index (χ0n) is 17.4. The Morgan fingerprint density at radius 2 is 1.89 bits per heavy atom. The molecule has 1 aliphatic heterocycles. The average molecular weight is 402 g/mol. The molecule has 2 heterocycles. The maximum atomic E-state index is 12.6. The van der Waals surface area contributed by atoms with Crippen LogP contribution in [0.15, 0.2) is 29.4 Å². The molecule has 0 radical (unpaired) electrons. The van der Waals surface area contributed by atoms with E-state index in [1.54, 1.807) is 0 Å². The van der Waals surface area contributed by atoms with Crippen LogP contribution in [0.1, 0.15) is 40.0 Å². The molecular weight excluding hydrogens is 370 g/mol. The Kier molecular flexibility index (Phi) is 6.99. The van der Waals surface area contributed by atoms with E-state index >= 15 is 0 Å². The summed E-state index contributed by atoms with van der Waals surface area (Å²) in [5, 5.41) is 9.45. The number of carbonyl (C=O) groups is 1. The number of benzene rings is 1. The molecule has 0 unspecified atom stereocenters. The average Bonchev–Trinajstić information content (AvgIpc) is 3.08. The lowest BCUT2D eigenvalue weighted by molar-refractivity contribution is -0.131. The van der Waals surface area contributed by atoms with E-state index in [4.69, 9.17) is 0 Å². The Bertz CT molecular complexity index is 785. The van der Waals surface area contributed by atoms with Crippen molar-refractivity contribution in [2.24, 2.45) is 7.05 Å². The van der Waals surface area contributed by atoms with Crippen molar-refractivity contribution in [1.29, 1.82) is 0 Å². The van der Waals surface area contributed by atoms with Gasteiger partial charge in [-0.2, -0.15) is 0 Å². The summed E-state index contributed by atoms with van der Waals surface area (Å²) in [5.41, 5.74) is 2.25. The predicted molar refractivity (Wildman–Crippen MR) is 116 cm³/mol. The summed E-state index contributed by atoms with van der Waals surface area (Å²) in [6.07, 6.45) is 3.43. The van der Waals surface area contributed by atoms with Gasteiger partial charge in [-0.25, -0.2) is 0 Å². The lowest BCUT2D eigenvalue weighted by Crippen LogP contribution is -2.42. The predicted octanol–water partition coefficient (Wildman–Crippen LogP) is 3.82. The van der Waals surface area contributed by atoms with E-state index in [0.29, 0.717) is 11.8 Å². The summed E-state index contributed by atoms with van der Waals surface area (Å²) in [6.45, 7) is 9.33. The van der Waals surface area contributed by atoms with Gasteiger partial charge >= 0.3 is 0 Å². The second-order valence-electron chi connectivity index (χ2n) is 7.30. The van der Waals surface area contributed by atoms with E-state index in [9.17, 15) is 4.79 Å². The van der Waals surface area contributed by atoms with Crippen molar-refractivity contribution in [1.82, 2.24) is 19.7 Å². The van der Waals surface area contributed by atoms with Gasteiger partial charge in [0.2, 0.25) is 5.91 Å². The van der Waals surface area contributed by atoms with Crippen LogP contribution in [-0.4, -0.2) is 57.0 Å². The van der Waals surface area contributed by atoms with Gasteiger partial charge < -0.3 is 14.4 Å². The Balaban J connectivity index is 1.66. The van der Waals surface area contributed by atoms with E-state index in [1.165, 1.54) is 23.9 Å². The third kappa shape index (κ3) is 4.51. The molecule has 3 rings (SSSR count). The lowest BCUT2D eigenvalue weighted by Gasteiger charge is -2.33. The number of anilines is 1. The number of rotatable bonds is 7. The number of piperidine rings is 1. The van der Waals surface area contributed by atoms with Crippen molar-refractivity contribution >= 4 is 23.4 Å². The molecule has 1 amide bonds. The molecule has 28 heavy (non-hydrogen) atoms. The minimum absolute atomic E-state index is 0.199. The van der Waals surface area contributed by atoms with Crippen molar-refractivity contribution in [3.05, 3.63) is 24.3 Å². The minimum atomic E-state index is 0.199. The fourth-order valence-corrected chi connectivity index (χ4v) is 4.58. The van der Waals surface area contributed by atoms with Gasteiger partial charge in [-0.1, -0.05) is 11.8 Å². The first kappa shape index (κ1) is 20.7. The first-order valence-corrected chi connectivity index (χ1v) is 11.2. The number of nitrogens with zero attached hydrogens (tertiary/aromatic N) is 5. The van der Waals surface area contributed by atoms with E-state index in [1.807, 2.05) is 16.5 Å². The zero-order chi connectivity index (χ0) is 20.1. The molecule has 1 saturated heterocycles. The van der Waals surface area contributed by atoms with Crippen LogP contribution in [0.2, 0.25) is 0 Å². The second kappa shape index (κ2) is 9.45. The molecule has 0 N–H and O–H groups in total. The topological polar surface area (TPSA) is 54.3 Å². The Hall–Kier alpha value is -2.02. The lowest BCUT2D eigenvalue weighted by atomic mass is 10.0. The second-order valence-corrected chi connectivity index (χ2v) is 8.25. The monoisotopic (exact) mass is 401 g/mol. The molecule has 152 valence electrons. The number of hydrogen-bond acceptors (Lipinski definition) is 5. The van der Waals surface area contributed by atoms with E-state index in [2.05, 4.69) is 60.1 Å².